The van der Waals surface area contributed by atoms with Crippen LogP contribution in [0.4, 0.5) is 0 Å². The maximum Gasteiger partial charge on any atom is 0.0511 e. The van der Waals surface area contributed by atoms with Gasteiger partial charge in [-0.3, -0.25) is 13.4 Å². The minimum Gasteiger partial charge on any atom is -0.759 e. The van der Waals surface area contributed by atoms with E-state index in [0.29, 0.717) is 0 Å². The van der Waals surface area contributed by atoms with Gasteiger partial charge in [-0.1, -0.05) is 16.9 Å². The Hall–Kier alpha value is -0.280. The van der Waals surface area contributed by atoms with Crippen LogP contribution >= 0.6 is 22.5 Å². The molecule has 0 saturated heterocycles. The molecular weight excluding hydrogens is 246 g/mol. The van der Waals surface area contributed by atoms with Crippen LogP contribution in [0.1, 0.15) is 5.69 Å². The Morgan fingerprint density at radius 3 is 2.36 bits per heavy atom. The van der Waals surface area contributed by atoms with Crippen LogP contribution in [0.3, 0.4) is 0 Å². The van der Waals surface area contributed by atoms with Gasteiger partial charge in [0, 0.05) is 22.3 Å². The van der Waals surface area contributed by atoms with E-state index in [1.165, 1.54) is 10.8 Å². The van der Waals surface area contributed by atoms with Gasteiger partial charge in [-0.25, -0.2) is 0 Å². The SMILES string of the molecule is O=S(=O)([O-])[O-].SSCc1ccccn1. The van der Waals surface area contributed by atoms with Crippen LogP contribution in [-0.4, -0.2) is 22.5 Å². The fraction of sp³-hybridized carbons (Fsp3) is 0.167. The van der Waals surface area contributed by atoms with Crippen molar-refractivity contribution in [3.8, 4) is 0 Å². The summed E-state index contributed by atoms with van der Waals surface area (Å²) in [7, 11) is -3.68. The van der Waals surface area contributed by atoms with Gasteiger partial charge in [0.25, 0.3) is 0 Å². The zero-order chi connectivity index (χ0) is 11.0. The first-order valence-electron chi connectivity index (χ1n) is 3.26. The summed E-state index contributed by atoms with van der Waals surface area (Å²) in [5.41, 5.74) is 1.08. The zero-order valence-corrected chi connectivity index (χ0v) is 9.39. The van der Waals surface area contributed by atoms with E-state index in [2.05, 4.69) is 16.6 Å². The van der Waals surface area contributed by atoms with E-state index in [9.17, 15) is 0 Å². The Morgan fingerprint density at radius 1 is 1.43 bits per heavy atom. The van der Waals surface area contributed by atoms with Gasteiger partial charge in [0.1, 0.15) is 0 Å². The maximum absolute atomic E-state index is 8.52. The number of pyridine rings is 1. The third-order valence-electron chi connectivity index (χ3n) is 0.939. The molecule has 0 aliphatic heterocycles. The second-order valence-corrected chi connectivity index (χ2v) is 4.14. The summed E-state index contributed by atoms with van der Waals surface area (Å²) in [4.78, 5) is 4.10. The lowest BCUT2D eigenvalue weighted by Crippen LogP contribution is -1.91. The first-order chi connectivity index (χ1) is 6.43. The summed E-state index contributed by atoms with van der Waals surface area (Å²) >= 11 is 4.01. The van der Waals surface area contributed by atoms with E-state index in [1.54, 1.807) is 6.20 Å². The number of nitrogens with zero attached hydrogens (tertiary/aromatic N) is 1. The Morgan fingerprint density at radius 2 is 2.00 bits per heavy atom. The van der Waals surface area contributed by atoms with Gasteiger partial charge in [-0.05, 0) is 12.1 Å². The largest absolute Gasteiger partial charge is 0.759 e. The van der Waals surface area contributed by atoms with Crippen molar-refractivity contribution in [3.05, 3.63) is 30.1 Å². The molecule has 0 aromatic carbocycles. The van der Waals surface area contributed by atoms with Crippen LogP contribution in [0.5, 0.6) is 0 Å². The molecule has 0 bridgehead atoms. The average Bonchev–Trinajstić information content (AvgIpc) is 2.03. The normalized spacial score (nSPS) is 10.2. The molecule has 0 aliphatic carbocycles. The summed E-state index contributed by atoms with van der Waals surface area (Å²) in [5, 5.41) is 0. The van der Waals surface area contributed by atoms with Crippen molar-refractivity contribution >= 4 is 32.9 Å². The summed E-state index contributed by atoms with van der Waals surface area (Å²) in [6, 6.07) is 5.88. The van der Waals surface area contributed by atoms with Crippen molar-refractivity contribution in [3.63, 3.8) is 0 Å². The highest BCUT2D eigenvalue weighted by Crippen LogP contribution is 2.11. The van der Waals surface area contributed by atoms with Crippen molar-refractivity contribution in [1.82, 2.24) is 4.98 Å². The monoisotopic (exact) mass is 253 g/mol. The summed E-state index contributed by atoms with van der Waals surface area (Å²) < 4.78 is 34.1. The highest BCUT2D eigenvalue weighted by molar-refractivity contribution is 8.68. The molecule has 0 radical (unpaired) electrons. The molecule has 0 atom stereocenters. The van der Waals surface area contributed by atoms with E-state index in [1.807, 2.05) is 18.2 Å². The molecule has 0 unspecified atom stereocenters. The fourth-order valence-electron chi connectivity index (χ4n) is 0.550. The van der Waals surface area contributed by atoms with Gasteiger partial charge in [0.05, 0.1) is 5.69 Å². The minimum atomic E-state index is -5.17. The molecule has 0 amide bonds. The Bertz CT molecular complexity index is 331. The molecule has 8 heteroatoms. The van der Waals surface area contributed by atoms with E-state index in [4.69, 9.17) is 17.5 Å². The molecule has 0 fully saturated rings. The topological polar surface area (TPSA) is 93.2 Å². The predicted octanol–water partition coefficient (Wildman–Crippen LogP) is 0.822. The van der Waals surface area contributed by atoms with Gasteiger partial charge >= 0.3 is 0 Å². The summed E-state index contributed by atoms with van der Waals surface area (Å²) in [6.07, 6.45) is 1.79. The first-order valence-corrected chi connectivity index (χ1v) is 6.63. The van der Waals surface area contributed by atoms with Gasteiger partial charge in [-0.2, -0.15) is 0 Å². The Labute approximate surface area is 91.3 Å². The number of hydrogen-bond donors (Lipinski definition) is 1. The molecule has 1 aromatic heterocycles. The highest BCUT2D eigenvalue weighted by atomic mass is 33.1. The molecule has 0 spiro atoms. The lowest BCUT2D eigenvalue weighted by atomic mass is 10.4. The molecular formula is C6H7NO4S3-2. The van der Waals surface area contributed by atoms with Crippen molar-refractivity contribution in [2.24, 2.45) is 0 Å². The molecule has 14 heavy (non-hydrogen) atoms. The van der Waals surface area contributed by atoms with Crippen LogP contribution in [-0.2, 0) is 16.2 Å². The third kappa shape index (κ3) is 11.7. The molecule has 0 N–H and O–H groups in total. The third-order valence-corrected chi connectivity index (χ3v) is 1.75. The lowest BCUT2D eigenvalue weighted by Gasteiger charge is -2.06. The summed E-state index contributed by atoms with van der Waals surface area (Å²) in [6.45, 7) is 0. The van der Waals surface area contributed by atoms with Gasteiger partial charge in [0.15, 0.2) is 0 Å². The van der Waals surface area contributed by atoms with Crippen molar-refractivity contribution in [2.45, 2.75) is 5.75 Å². The molecule has 1 aromatic rings. The average molecular weight is 253 g/mol. The zero-order valence-electron chi connectivity index (χ0n) is 6.86. The lowest BCUT2D eigenvalue weighted by molar-refractivity contribution is 0.352. The number of rotatable bonds is 2. The molecule has 5 nitrogen and oxygen atoms in total. The van der Waals surface area contributed by atoms with Crippen molar-refractivity contribution < 1.29 is 17.5 Å². The quantitative estimate of drug-likeness (QED) is 0.363. The van der Waals surface area contributed by atoms with Crippen molar-refractivity contribution in [2.75, 3.05) is 0 Å². The fourth-order valence-corrected chi connectivity index (χ4v) is 1.25. The second-order valence-electron chi connectivity index (χ2n) is 2.00. The van der Waals surface area contributed by atoms with Crippen LogP contribution in [0.15, 0.2) is 24.4 Å². The minimum absolute atomic E-state index is 0.879. The molecule has 80 valence electrons. The van der Waals surface area contributed by atoms with Crippen LogP contribution in [0.25, 0.3) is 0 Å². The number of thiol groups is 1. The van der Waals surface area contributed by atoms with Crippen LogP contribution < -0.4 is 0 Å². The second kappa shape index (κ2) is 7.07. The first kappa shape index (κ1) is 13.7. The molecule has 1 rings (SSSR count). The smallest absolute Gasteiger partial charge is 0.0511 e. The predicted molar refractivity (Wildman–Crippen MR) is 55.0 cm³/mol. The molecule has 0 aliphatic rings. The molecule has 1 heterocycles. The van der Waals surface area contributed by atoms with E-state index in [-0.39, 0.29) is 0 Å². The van der Waals surface area contributed by atoms with E-state index < -0.39 is 10.4 Å². The Kier molecular flexibility index (Phi) is 6.93. The van der Waals surface area contributed by atoms with Gasteiger partial charge < -0.3 is 9.11 Å². The van der Waals surface area contributed by atoms with E-state index in [0.717, 1.165) is 11.4 Å². The van der Waals surface area contributed by atoms with Crippen LogP contribution in [0, 0.1) is 0 Å². The number of aromatic nitrogens is 1. The maximum atomic E-state index is 8.52. The van der Waals surface area contributed by atoms with Gasteiger partial charge in [-0.15, -0.1) is 11.7 Å². The van der Waals surface area contributed by atoms with Gasteiger partial charge in [0.2, 0.25) is 0 Å². The van der Waals surface area contributed by atoms with Crippen LogP contribution in [0.2, 0.25) is 0 Å². The Balaban J connectivity index is 0.000000292. The summed E-state index contributed by atoms with van der Waals surface area (Å²) in [5.74, 6) is 0.879. The van der Waals surface area contributed by atoms with E-state index >= 15 is 0 Å². The standard InChI is InChI=1S/C6H7NS2.H2O4S/c8-9-5-6-3-1-2-4-7-6;1-5(2,3)4/h1-4,8H,5H2;(H2,1,2,3,4)/p-2. The molecule has 0 saturated carbocycles. The highest BCUT2D eigenvalue weighted by Gasteiger charge is 1.87. The van der Waals surface area contributed by atoms with Crippen molar-refractivity contribution in [1.29, 1.82) is 0 Å². The number of hydrogen-bond acceptors (Lipinski definition) is 7.